The van der Waals surface area contributed by atoms with Crippen LogP contribution in [0.25, 0.3) is 0 Å². The normalized spacial score (nSPS) is 29.6. The van der Waals surface area contributed by atoms with E-state index >= 15 is 0 Å². The van der Waals surface area contributed by atoms with Gasteiger partial charge in [-0.15, -0.1) is 0 Å². The van der Waals surface area contributed by atoms with E-state index in [0.29, 0.717) is 0 Å². The lowest BCUT2D eigenvalue weighted by Gasteiger charge is -2.36. The van der Waals surface area contributed by atoms with Crippen LogP contribution in [-0.4, -0.2) is 39.2 Å². The first kappa shape index (κ1) is 11.2. The zero-order valence-corrected chi connectivity index (χ0v) is 9.70. The highest BCUT2D eigenvalue weighted by Crippen LogP contribution is 2.19. The van der Waals surface area contributed by atoms with Gasteiger partial charge in [-0.05, 0) is 13.8 Å². The SMILES string of the molecule is CC1(C)CN(C/C=C/Cl)CCS1=O. The molecule has 0 aliphatic carbocycles. The maximum absolute atomic E-state index is 11.6. The number of hydrogen-bond acceptors (Lipinski definition) is 2. The average molecular weight is 222 g/mol. The lowest BCUT2D eigenvalue weighted by molar-refractivity contribution is 0.281. The van der Waals surface area contributed by atoms with E-state index < -0.39 is 10.8 Å². The Hall–Kier alpha value is 0.140. The number of halogens is 1. The van der Waals surface area contributed by atoms with Crippen LogP contribution in [0.15, 0.2) is 11.6 Å². The fraction of sp³-hybridized carbons (Fsp3) is 0.778. The van der Waals surface area contributed by atoms with Gasteiger partial charge in [0.1, 0.15) is 0 Å². The van der Waals surface area contributed by atoms with Gasteiger partial charge in [-0.1, -0.05) is 17.7 Å². The van der Waals surface area contributed by atoms with Crippen molar-refractivity contribution in [1.82, 2.24) is 4.90 Å². The van der Waals surface area contributed by atoms with Gasteiger partial charge >= 0.3 is 0 Å². The zero-order valence-electron chi connectivity index (χ0n) is 8.12. The Kier molecular flexibility index (Phi) is 3.95. The van der Waals surface area contributed by atoms with Crippen molar-refractivity contribution in [2.45, 2.75) is 18.6 Å². The van der Waals surface area contributed by atoms with Crippen molar-refractivity contribution in [3.63, 3.8) is 0 Å². The maximum Gasteiger partial charge on any atom is 0.0530 e. The second kappa shape index (κ2) is 4.58. The van der Waals surface area contributed by atoms with Crippen LogP contribution in [0, 0.1) is 0 Å². The van der Waals surface area contributed by atoms with E-state index in [1.54, 1.807) is 5.54 Å². The van der Waals surface area contributed by atoms with Crippen LogP contribution < -0.4 is 0 Å². The molecule has 0 radical (unpaired) electrons. The standard InChI is InChI=1S/C9H16ClNOS/c1-9(2)8-11(5-3-4-10)6-7-13(9)12/h3-4H,5-8H2,1-2H3/b4-3+. The molecule has 2 nitrogen and oxygen atoms in total. The van der Waals surface area contributed by atoms with Gasteiger partial charge in [-0.3, -0.25) is 9.11 Å². The number of hydrogen-bond donors (Lipinski definition) is 0. The van der Waals surface area contributed by atoms with Crippen molar-refractivity contribution >= 4 is 22.4 Å². The quantitative estimate of drug-likeness (QED) is 0.706. The van der Waals surface area contributed by atoms with Crippen LogP contribution in [0.2, 0.25) is 0 Å². The molecule has 1 rings (SSSR count). The van der Waals surface area contributed by atoms with E-state index in [-0.39, 0.29) is 4.75 Å². The molecule has 1 fully saturated rings. The van der Waals surface area contributed by atoms with Gasteiger partial charge in [-0.2, -0.15) is 0 Å². The summed E-state index contributed by atoms with van der Waals surface area (Å²) in [6.45, 7) is 6.78. The summed E-state index contributed by atoms with van der Waals surface area (Å²) in [7, 11) is -0.676. The van der Waals surface area contributed by atoms with Gasteiger partial charge in [0.05, 0.1) is 4.75 Å². The monoisotopic (exact) mass is 221 g/mol. The van der Waals surface area contributed by atoms with Crippen molar-refractivity contribution in [2.24, 2.45) is 0 Å². The van der Waals surface area contributed by atoms with E-state index in [2.05, 4.69) is 18.7 Å². The van der Waals surface area contributed by atoms with Crippen LogP contribution in [0.3, 0.4) is 0 Å². The molecule has 1 aliphatic rings. The Morgan fingerprint density at radius 1 is 1.62 bits per heavy atom. The van der Waals surface area contributed by atoms with Crippen LogP contribution in [0.1, 0.15) is 13.8 Å². The molecule has 76 valence electrons. The average Bonchev–Trinajstić information content (AvgIpc) is 2.07. The minimum atomic E-state index is -0.676. The Labute approximate surface area is 87.4 Å². The van der Waals surface area contributed by atoms with Gasteiger partial charge in [0.15, 0.2) is 0 Å². The van der Waals surface area contributed by atoms with Gasteiger partial charge in [0, 0.05) is 41.7 Å². The molecular weight excluding hydrogens is 206 g/mol. The minimum absolute atomic E-state index is 0.0710. The molecule has 0 aromatic rings. The Morgan fingerprint density at radius 3 is 2.85 bits per heavy atom. The largest absolute Gasteiger partial charge is 0.297 e. The van der Waals surface area contributed by atoms with E-state index in [1.165, 1.54) is 0 Å². The van der Waals surface area contributed by atoms with Gasteiger partial charge in [0.2, 0.25) is 0 Å². The maximum atomic E-state index is 11.6. The summed E-state index contributed by atoms with van der Waals surface area (Å²) >= 11 is 5.45. The molecular formula is C9H16ClNOS. The van der Waals surface area contributed by atoms with Gasteiger partial charge < -0.3 is 0 Å². The third-order valence-corrected chi connectivity index (χ3v) is 4.36. The summed E-state index contributed by atoms with van der Waals surface area (Å²) in [5.74, 6) is 0.781. The van der Waals surface area contributed by atoms with Crippen molar-refractivity contribution in [3.05, 3.63) is 11.6 Å². The van der Waals surface area contributed by atoms with Crippen molar-refractivity contribution in [3.8, 4) is 0 Å². The molecule has 1 atom stereocenters. The topological polar surface area (TPSA) is 20.3 Å². The van der Waals surface area contributed by atoms with Crippen molar-refractivity contribution in [1.29, 1.82) is 0 Å². The fourth-order valence-electron chi connectivity index (χ4n) is 1.52. The molecule has 1 aliphatic heterocycles. The summed E-state index contributed by atoms with van der Waals surface area (Å²) in [6, 6.07) is 0. The molecule has 4 heteroatoms. The molecule has 0 aromatic heterocycles. The molecule has 0 spiro atoms. The van der Waals surface area contributed by atoms with Crippen LogP contribution in [0.5, 0.6) is 0 Å². The summed E-state index contributed by atoms with van der Waals surface area (Å²) in [6.07, 6.45) is 1.92. The molecule has 1 heterocycles. The van der Waals surface area contributed by atoms with Crippen LogP contribution in [-0.2, 0) is 10.8 Å². The summed E-state index contributed by atoms with van der Waals surface area (Å²) in [4.78, 5) is 2.28. The van der Waals surface area contributed by atoms with Crippen molar-refractivity contribution in [2.75, 3.05) is 25.4 Å². The number of nitrogens with zero attached hydrogens (tertiary/aromatic N) is 1. The number of rotatable bonds is 2. The second-order valence-electron chi connectivity index (χ2n) is 3.91. The van der Waals surface area contributed by atoms with Gasteiger partial charge in [0.25, 0.3) is 0 Å². The molecule has 1 saturated heterocycles. The highest BCUT2D eigenvalue weighted by Gasteiger charge is 2.32. The smallest absolute Gasteiger partial charge is 0.0530 e. The Balaban J connectivity index is 2.50. The zero-order chi connectivity index (χ0) is 9.90. The molecule has 0 N–H and O–H groups in total. The summed E-state index contributed by atoms with van der Waals surface area (Å²) in [5.41, 5.74) is 1.54. The Morgan fingerprint density at radius 2 is 2.31 bits per heavy atom. The summed E-state index contributed by atoms with van der Waals surface area (Å²) < 4.78 is 11.5. The first-order valence-electron chi connectivity index (χ1n) is 4.42. The predicted molar refractivity (Wildman–Crippen MR) is 58.5 cm³/mol. The third-order valence-electron chi connectivity index (χ3n) is 2.27. The molecule has 1 unspecified atom stereocenters. The van der Waals surface area contributed by atoms with E-state index in [1.807, 2.05) is 6.08 Å². The van der Waals surface area contributed by atoms with Gasteiger partial charge in [-0.25, -0.2) is 0 Å². The molecule has 0 amide bonds. The van der Waals surface area contributed by atoms with Crippen molar-refractivity contribution < 1.29 is 4.21 Å². The first-order chi connectivity index (χ1) is 6.06. The predicted octanol–water partition coefficient (Wildman–Crippen LogP) is 1.58. The second-order valence-corrected chi connectivity index (χ2v) is 6.36. The van der Waals surface area contributed by atoms with E-state index in [0.717, 1.165) is 25.4 Å². The highest BCUT2D eigenvalue weighted by molar-refractivity contribution is 7.86. The minimum Gasteiger partial charge on any atom is -0.297 e. The molecule has 0 bridgehead atoms. The van der Waals surface area contributed by atoms with E-state index in [4.69, 9.17) is 11.6 Å². The van der Waals surface area contributed by atoms with E-state index in [9.17, 15) is 4.21 Å². The lowest BCUT2D eigenvalue weighted by Crippen LogP contribution is -2.49. The fourth-order valence-corrected chi connectivity index (χ4v) is 2.91. The lowest BCUT2D eigenvalue weighted by atomic mass is 10.2. The van der Waals surface area contributed by atoms with Crippen LogP contribution >= 0.6 is 11.6 Å². The Bertz CT molecular complexity index is 228. The first-order valence-corrected chi connectivity index (χ1v) is 6.18. The third kappa shape index (κ3) is 3.08. The molecule has 0 saturated carbocycles. The van der Waals surface area contributed by atoms with Crippen LogP contribution in [0.4, 0.5) is 0 Å². The molecule has 0 aromatic carbocycles. The highest BCUT2D eigenvalue weighted by atomic mass is 35.5. The summed E-state index contributed by atoms with van der Waals surface area (Å²) in [5, 5.41) is 0. The molecule has 13 heavy (non-hydrogen) atoms.